The van der Waals surface area contributed by atoms with Crippen LogP contribution in [0.25, 0.3) is 0 Å². The van der Waals surface area contributed by atoms with Gasteiger partial charge in [-0.1, -0.05) is 176 Å². The van der Waals surface area contributed by atoms with Crippen LogP contribution >= 0.6 is 60.6 Å². The number of benzene rings is 5. The fourth-order valence-corrected chi connectivity index (χ4v) is 17.3. The third-order valence-corrected chi connectivity index (χ3v) is 25.8. The minimum absolute atomic E-state index is 0.0115. The molecule has 1 radical (unpaired) electrons. The summed E-state index contributed by atoms with van der Waals surface area (Å²) in [5, 5.41) is 53.2. The second kappa shape index (κ2) is 48.3. The number of halogens is 8. The molecule has 0 saturated carbocycles. The standard InChI is InChI=1S/C26H45BFNO4Si.C20H33BrFNO2Si.C15H21BrFNO2.C12H24B2O4.C8H19N.C7H4BrFO3.C7H5FO3.BHNS/c1-23(2,3)17-24(4,5)29-22(30)19-15-18(27-32-25(6,7)26(8,9)33-27)16-20(28)21(19)31-13-14-34(10,11)12;1-19(2,3)13-20(4,5)23-18(24)15-11-14(21)12-16(22)17(15)25-9-10-26(6,7)8;1-14(2,3)8-15(4,5)18-13(20)10-6-9(16)7-11(17)12(10)19;1-9(2)10(3,4)16-13(15-9)14-17-11(5,6)12(7,8)18-14;1-7(2,3)6-8(4,5)9;8-3-1-4(7(11)12)6(10)5(9)2-3;8-5-3-1-2-4(6(5)9)7(10)11;1-2-3/h15-16H,13-14,17H2,1-12H3,(H,29,30);11-12H,9-10,13H2,1-8H3,(H,23,24);6-7,19H,8H2,1-5H3,(H,18,20);1-8H3;6,9H2,1-5H3;1-2,10H,(H,11,12);1-3,9H,(H,10,11);3H. The molecular formula is C95H152B4Br3F5N5O18SSi2. The van der Waals surface area contributed by atoms with Crippen LogP contribution in [0.1, 0.15) is 299 Å². The zero-order valence-electron chi connectivity index (χ0n) is 85.9. The van der Waals surface area contributed by atoms with E-state index in [-0.39, 0.29) is 88.7 Å². The fraction of sp³-hybridized carbons (Fsp3) is 0.632. The van der Waals surface area contributed by atoms with Gasteiger partial charge in [0.05, 0.1) is 63.5 Å². The number of nitrogens with one attached hydrogen (secondary N) is 3. The predicted octanol–water partition coefficient (Wildman–Crippen LogP) is 24.1. The van der Waals surface area contributed by atoms with E-state index in [2.05, 4.69) is 225 Å². The van der Waals surface area contributed by atoms with Gasteiger partial charge in [0.2, 0.25) is 0 Å². The summed E-state index contributed by atoms with van der Waals surface area (Å²) >= 11 is 12.5. The first kappa shape index (κ1) is 125. The molecule has 23 nitrogen and oxygen atoms in total. The van der Waals surface area contributed by atoms with E-state index in [1.165, 1.54) is 24.3 Å². The molecule has 3 saturated heterocycles. The SMILES string of the molecule is CC(C)(C)CC(C)(C)N.CC(C)(C)CC(C)(C)NC(=O)c1cc(B2OC(C)(C)C(C)(C)O2)cc(F)c1OCC[Si](C)(C)C.CC(C)(C)CC(C)(C)NC(=O)c1cc(Br)cc(F)c1O.CC(C)(C)CC(C)(C)NC(=O)c1cc(Br)cc(F)c1OCC[Si](C)(C)C.CC1(C)OB(B2OC(C)(C)C(C)(C)O2)OC1(C)C.O=C(O)c1cc(Br)cc(F)c1O.O=C(O)c1cccc(F)c1O.[B]=NS. The number of carbonyl (C=O) groups excluding carboxylic acids is 3. The number of para-hydroxylation sites is 1. The van der Waals surface area contributed by atoms with Crippen molar-refractivity contribution in [2.45, 2.75) is 354 Å². The summed E-state index contributed by atoms with van der Waals surface area (Å²) in [4.78, 5) is 59.2. The molecule has 133 heavy (non-hydrogen) atoms. The van der Waals surface area contributed by atoms with Gasteiger partial charge >= 0.3 is 57.8 Å². The number of phenolic OH excluding ortho intramolecular Hbond substituents is 1. The Kier molecular flexibility index (Phi) is 45.5. The zero-order chi connectivity index (χ0) is 105. The number of thiol groups is 1. The Hall–Kier alpha value is -5.90. The Bertz CT molecular complexity index is 4680. The van der Waals surface area contributed by atoms with Crippen LogP contribution in [0.15, 0.2) is 84.4 Å². The molecule has 3 amide bonds. The van der Waals surface area contributed by atoms with Gasteiger partial charge < -0.3 is 84.6 Å². The van der Waals surface area contributed by atoms with E-state index in [9.17, 15) is 46.6 Å². The Balaban J connectivity index is 0.000000803. The molecule has 5 aromatic carbocycles. The monoisotopic (exact) mass is 2110 g/mol. The van der Waals surface area contributed by atoms with Crippen LogP contribution in [0, 0.1) is 50.7 Å². The van der Waals surface area contributed by atoms with Crippen LogP contribution in [-0.4, -0.2) is 169 Å². The van der Waals surface area contributed by atoms with Crippen LogP contribution in [-0.2, 0) is 27.9 Å². The molecule has 0 aliphatic carbocycles. The molecule has 5 aromatic rings. The quantitative estimate of drug-likeness (QED) is 0.0175. The van der Waals surface area contributed by atoms with Crippen LogP contribution < -0.4 is 36.6 Å². The van der Waals surface area contributed by atoms with E-state index in [0.29, 0.717) is 33.0 Å². The molecule has 38 heteroatoms. The van der Waals surface area contributed by atoms with E-state index >= 15 is 4.39 Å². The van der Waals surface area contributed by atoms with Crippen LogP contribution in [0.5, 0.6) is 28.7 Å². The fourth-order valence-electron chi connectivity index (χ4n) is 14.6. The number of amides is 3. The maximum atomic E-state index is 15.4. The van der Waals surface area contributed by atoms with Gasteiger partial charge in [0, 0.05) is 51.7 Å². The number of rotatable bonds is 22. The molecule has 3 aliphatic rings. The number of carboxylic acid groups (broad SMARTS) is 2. The van der Waals surface area contributed by atoms with Gasteiger partial charge in [-0.05, 0) is 264 Å². The molecule has 747 valence electrons. The van der Waals surface area contributed by atoms with Crippen molar-refractivity contribution in [1.82, 2.24) is 16.0 Å². The third-order valence-electron chi connectivity index (χ3n) is 21.1. The summed E-state index contributed by atoms with van der Waals surface area (Å²) in [6.45, 7) is 79.7. The summed E-state index contributed by atoms with van der Waals surface area (Å²) < 4.78 is 120. The van der Waals surface area contributed by atoms with E-state index in [4.69, 9.17) is 63.6 Å². The number of ether oxygens (including phenoxy) is 2. The molecule has 3 fully saturated rings. The summed E-state index contributed by atoms with van der Waals surface area (Å²) in [5.41, 5.74) is 2.26. The molecule has 8 rings (SSSR count). The average Bonchev–Trinajstić information content (AvgIpc) is 1.60. The van der Waals surface area contributed by atoms with Gasteiger partial charge in [0.15, 0.2) is 57.8 Å². The molecule has 3 aliphatic heterocycles. The van der Waals surface area contributed by atoms with Crippen molar-refractivity contribution in [2.24, 2.45) is 31.7 Å². The number of carboxylic acids is 2. The van der Waals surface area contributed by atoms with Gasteiger partial charge in [0.1, 0.15) is 11.1 Å². The first-order valence-electron chi connectivity index (χ1n) is 44.0. The first-order chi connectivity index (χ1) is 59.3. The van der Waals surface area contributed by atoms with E-state index in [0.717, 1.165) is 68.1 Å². The van der Waals surface area contributed by atoms with Gasteiger partial charge in [-0.2, -0.15) is 0 Å². The second-order valence-electron chi connectivity index (χ2n) is 46.7. The summed E-state index contributed by atoms with van der Waals surface area (Å²) in [6, 6.07) is 15.7. The number of aromatic hydroxyl groups is 3. The third kappa shape index (κ3) is 44.0. The van der Waals surface area contributed by atoms with Crippen molar-refractivity contribution < 1.29 is 109 Å². The van der Waals surface area contributed by atoms with Crippen molar-refractivity contribution in [3.8, 4) is 28.7 Å². The number of carbonyl (C=O) groups is 5. The van der Waals surface area contributed by atoms with Crippen LogP contribution in [0.3, 0.4) is 0 Å². The molecular weight excluding hydrogens is 1970 g/mol. The second-order valence-corrected chi connectivity index (χ2v) is 60.9. The molecule has 0 atom stereocenters. The van der Waals surface area contributed by atoms with Crippen LogP contribution in [0.4, 0.5) is 22.0 Å². The molecule has 0 bridgehead atoms. The Labute approximate surface area is 824 Å². The molecule has 0 unspecified atom stereocenters. The van der Waals surface area contributed by atoms with Gasteiger partial charge in [-0.25, -0.2) is 31.5 Å². The number of hydrogen-bond acceptors (Lipinski definition) is 19. The van der Waals surface area contributed by atoms with Gasteiger partial charge in [-0.15, -0.1) is 0 Å². The molecule has 10 N–H and O–H groups in total. The van der Waals surface area contributed by atoms with Crippen molar-refractivity contribution in [2.75, 3.05) is 13.2 Å². The zero-order valence-corrected chi connectivity index (χ0v) is 93.5. The van der Waals surface area contributed by atoms with Crippen molar-refractivity contribution >= 4 is 141 Å². The van der Waals surface area contributed by atoms with Gasteiger partial charge in [-0.3, -0.25) is 14.4 Å². The number of hydrogen-bond donors (Lipinski definition) is 10. The van der Waals surface area contributed by atoms with Crippen molar-refractivity contribution in [3.05, 3.63) is 137 Å². The predicted molar refractivity (Wildman–Crippen MR) is 546 cm³/mol. The molecule has 0 spiro atoms. The van der Waals surface area contributed by atoms with Gasteiger partial charge in [0.25, 0.3) is 17.7 Å². The topological polar surface area (TPSA) is 335 Å². The average molecular weight is 2120 g/mol. The Morgan fingerprint density at radius 2 is 0.684 bits per heavy atom. The summed E-state index contributed by atoms with van der Waals surface area (Å²) in [6.07, 6.45) is 3.38. The molecule has 0 aromatic heterocycles. The summed E-state index contributed by atoms with van der Waals surface area (Å²) in [5.74, 6) is -9.95. The number of nitrogens with zero attached hydrogens (tertiary/aromatic N) is 1. The summed E-state index contributed by atoms with van der Waals surface area (Å²) in [7, 11) is -0.0853. The molecule has 3 heterocycles. The van der Waals surface area contributed by atoms with Crippen molar-refractivity contribution in [1.29, 1.82) is 0 Å². The normalized spacial score (nSPS) is 16.1. The Morgan fingerprint density at radius 1 is 0.421 bits per heavy atom. The maximum absolute atomic E-state index is 15.4. The van der Waals surface area contributed by atoms with E-state index in [1.54, 1.807) is 12.1 Å². The minimum atomic E-state index is -1.39. The number of aromatic carboxylic acids is 2. The van der Waals surface area contributed by atoms with Crippen LogP contribution in [0.2, 0.25) is 51.4 Å². The Morgan fingerprint density at radius 3 is 0.970 bits per heavy atom. The van der Waals surface area contributed by atoms with E-state index in [1.807, 2.05) is 125 Å². The van der Waals surface area contributed by atoms with E-state index < -0.39 is 140 Å². The number of nitrogens with two attached hydrogens (primary N) is 1. The van der Waals surface area contributed by atoms with Crippen molar-refractivity contribution in [3.63, 3.8) is 0 Å². The number of phenols is 3. The first-order valence-corrected chi connectivity index (χ1v) is 54.2.